The Morgan fingerprint density at radius 2 is 2.17 bits per heavy atom. The minimum Gasteiger partial charge on any atom is -0.409 e. The summed E-state index contributed by atoms with van der Waals surface area (Å²) in [7, 11) is 0. The highest BCUT2D eigenvalue weighted by Gasteiger charge is 2.22. The fourth-order valence-corrected chi connectivity index (χ4v) is 1.93. The van der Waals surface area contributed by atoms with Crippen LogP contribution < -0.4 is 11.1 Å². The lowest BCUT2D eigenvalue weighted by molar-refractivity contribution is 0.306. The number of rotatable bonds is 5. The molecule has 0 saturated heterocycles. The molecular weight excluding hydrogens is 294 g/mol. The summed E-state index contributed by atoms with van der Waals surface area (Å²) >= 11 is 3.50. The van der Waals surface area contributed by atoms with Gasteiger partial charge < -0.3 is 16.3 Å². The van der Waals surface area contributed by atoms with Crippen LogP contribution in [-0.4, -0.2) is 17.6 Å². The molecule has 4 N–H and O–H groups in total. The Balaban J connectivity index is 2.59. The quantitative estimate of drug-likeness (QED) is 0.338. The summed E-state index contributed by atoms with van der Waals surface area (Å²) in [5, 5.41) is 15.1. The second kappa shape index (κ2) is 6.09. The summed E-state index contributed by atoms with van der Waals surface area (Å²) in [4.78, 5) is 0. The van der Waals surface area contributed by atoms with Crippen LogP contribution in [0, 0.1) is 12.3 Å². The predicted octanol–water partition coefficient (Wildman–Crippen LogP) is 3.33. The standard InChI is InChI=1S/C13H20BrN3O/c1-9-4-5-10(14)11(8-9)16-7-6-13(2,3)12(15)17-18/h4-5,8,16,18H,6-7H2,1-3H3,(H2,15,17). The number of nitrogens with zero attached hydrogens (tertiary/aromatic N) is 1. The predicted molar refractivity (Wildman–Crippen MR) is 79.2 cm³/mol. The SMILES string of the molecule is Cc1ccc(Br)c(NCCC(C)(C)/C(N)=N/O)c1. The van der Waals surface area contributed by atoms with Crippen LogP contribution in [0.5, 0.6) is 0 Å². The van der Waals surface area contributed by atoms with Crippen molar-refractivity contribution in [3.8, 4) is 0 Å². The van der Waals surface area contributed by atoms with Crippen molar-refractivity contribution in [3.05, 3.63) is 28.2 Å². The minimum atomic E-state index is -0.321. The van der Waals surface area contributed by atoms with Gasteiger partial charge in [0.05, 0.1) is 0 Å². The van der Waals surface area contributed by atoms with Crippen LogP contribution in [-0.2, 0) is 0 Å². The first-order chi connectivity index (χ1) is 8.36. The Morgan fingerprint density at radius 1 is 1.50 bits per heavy atom. The van der Waals surface area contributed by atoms with Crippen LogP contribution in [0.3, 0.4) is 0 Å². The van der Waals surface area contributed by atoms with Crippen molar-refractivity contribution in [1.29, 1.82) is 0 Å². The van der Waals surface area contributed by atoms with E-state index >= 15 is 0 Å². The van der Waals surface area contributed by atoms with Crippen molar-refractivity contribution in [3.63, 3.8) is 0 Å². The van der Waals surface area contributed by atoms with Gasteiger partial charge >= 0.3 is 0 Å². The Labute approximate surface area is 116 Å². The number of anilines is 1. The normalized spacial score (nSPS) is 12.6. The highest BCUT2D eigenvalue weighted by molar-refractivity contribution is 9.10. The molecule has 0 aliphatic carbocycles. The van der Waals surface area contributed by atoms with E-state index in [1.807, 2.05) is 19.9 Å². The van der Waals surface area contributed by atoms with E-state index in [1.54, 1.807) is 0 Å². The molecule has 0 aliphatic heterocycles. The zero-order chi connectivity index (χ0) is 13.8. The molecule has 0 radical (unpaired) electrons. The van der Waals surface area contributed by atoms with Gasteiger partial charge in [-0.1, -0.05) is 25.1 Å². The molecule has 0 aliphatic rings. The highest BCUT2D eigenvalue weighted by Crippen LogP contribution is 2.25. The number of nitrogens with one attached hydrogen (secondary N) is 1. The van der Waals surface area contributed by atoms with Crippen molar-refractivity contribution in [2.45, 2.75) is 27.2 Å². The summed E-state index contributed by atoms with van der Waals surface area (Å²) < 4.78 is 1.04. The smallest absolute Gasteiger partial charge is 0.144 e. The Bertz CT molecular complexity index is 444. The molecule has 18 heavy (non-hydrogen) atoms. The maximum Gasteiger partial charge on any atom is 0.144 e. The van der Waals surface area contributed by atoms with Crippen molar-refractivity contribution < 1.29 is 5.21 Å². The number of hydrogen-bond acceptors (Lipinski definition) is 3. The van der Waals surface area contributed by atoms with Crippen molar-refractivity contribution >= 4 is 27.5 Å². The summed E-state index contributed by atoms with van der Waals surface area (Å²) in [5.74, 6) is 0.257. The highest BCUT2D eigenvalue weighted by atomic mass is 79.9. The molecule has 100 valence electrons. The largest absolute Gasteiger partial charge is 0.409 e. The third-order valence-electron chi connectivity index (χ3n) is 2.99. The van der Waals surface area contributed by atoms with Gasteiger partial charge in [0.25, 0.3) is 0 Å². The first kappa shape index (κ1) is 14.8. The summed E-state index contributed by atoms with van der Waals surface area (Å²) in [6.07, 6.45) is 0.781. The summed E-state index contributed by atoms with van der Waals surface area (Å²) in [6.45, 7) is 6.72. The van der Waals surface area contributed by atoms with Gasteiger partial charge in [0.15, 0.2) is 0 Å². The fraction of sp³-hybridized carbons (Fsp3) is 0.462. The number of hydrogen-bond donors (Lipinski definition) is 3. The number of nitrogens with two attached hydrogens (primary N) is 1. The summed E-state index contributed by atoms with van der Waals surface area (Å²) in [6, 6.07) is 6.16. The first-order valence-corrected chi connectivity index (χ1v) is 6.64. The molecule has 0 amide bonds. The average Bonchev–Trinajstić information content (AvgIpc) is 2.32. The fourth-order valence-electron chi connectivity index (χ4n) is 1.55. The van der Waals surface area contributed by atoms with E-state index in [-0.39, 0.29) is 11.3 Å². The van der Waals surface area contributed by atoms with E-state index in [2.05, 4.69) is 45.5 Å². The first-order valence-electron chi connectivity index (χ1n) is 5.85. The molecule has 0 saturated carbocycles. The molecule has 0 spiro atoms. The molecule has 0 fully saturated rings. The maximum atomic E-state index is 8.70. The molecule has 1 rings (SSSR count). The van der Waals surface area contributed by atoms with Crippen LogP contribution in [0.15, 0.2) is 27.8 Å². The Kier molecular flexibility index (Phi) is 5.02. The van der Waals surface area contributed by atoms with Gasteiger partial charge in [-0.3, -0.25) is 0 Å². The lowest BCUT2D eigenvalue weighted by Gasteiger charge is -2.23. The third kappa shape index (κ3) is 3.91. The monoisotopic (exact) mass is 313 g/mol. The lowest BCUT2D eigenvalue weighted by atomic mass is 9.88. The van der Waals surface area contributed by atoms with Crippen LogP contribution in [0.2, 0.25) is 0 Å². The molecule has 0 unspecified atom stereocenters. The van der Waals surface area contributed by atoms with E-state index in [0.29, 0.717) is 0 Å². The lowest BCUT2D eigenvalue weighted by Crippen LogP contribution is -2.33. The second-order valence-corrected chi connectivity index (χ2v) is 5.88. The van der Waals surface area contributed by atoms with Gasteiger partial charge in [-0.2, -0.15) is 0 Å². The molecule has 4 nitrogen and oxygen atoms in total. The van der Waals surface area contributed by atoms with E-state index in [1.165, 1.54) is 5.56 Å². The second-order valence-electron chi connectivity index (χ2n) is 5.03. The molecule has 0 atom stereocenters. The molecule has 5 heteroatoms. The molecule has 0 bridgehead atoms. The van der Waals surface area contributed by atoms with Crippen molar-refractivity contribution in [2.75, 3.05) is 11.9 Å². The topological polar surface area (TPSA) is 70.6 Å². The average molecular weight is 314 g/mol. The van der Waals surface area contributed by atoms with Gasteiger partial charge in [0, 0.05) is 22.1 Å². The number of halogens is 1. The number of aryl methyl sites for hydroxylation is 1. The van der Waals surface area contributed by atoms with Gasteiger partial charge in [0.1, 0.15) is 5.84 Å². The van der Waals surface area contributed by atoms with E-state index in [9.17, 15) is 0 Å². The maximum absolute atomic E-state index is 8.70. The van der Waals surface area contributed by atoms with Crippen LogP contribution in [0.4, 0.5) is 5.69 Å². The van der Waals surface area contributed by atoms with Crippen LogP contribution in [0.25, 0.3) is 0 Å². The zero-order valence-electron chi connectivity index (χ0n) is 11.0. The van der Waals surface area contributed by atoms with Crippen LogP contribution in [0.1, 0.15) is 25.8 Å². The van der Waals surface area contributed by atoms with E-state index in [0.717, 1.165) is 23.1 Å². The molecular formula is C13H20BrN3O. The van der Waals surface area contributed by atoms with E-state index in [4.69, 9.17) is 10.9 Å². The number of amidine groups is 1. The van der Waals surface area contributed by atoms with Gasteiger partial charge in [0.2, 0.25) is 0 Å². The van der Waals surface area contributed by atoms with Gasteiger partial charge in [-0.25, -0.2) is 0 Å². The summed E-state index contributed by atoms with van der Waals surface area (Å²) in [5.41, 5.74) is 7.59. The Hall–Kier alpha value is -1.23. The molecule has 0 aromatic heterocycles. The zero-order valence-corrected chi connectivity index (χ0v) is 12.6. The number of oxime groups is 1. The van der Waals surface area contributed by atoms with Crippen molar-refractivity contribution in [1.82, 2.24) is 0 Å². The van der Waals surface area contributed by atoms with Crippen LogP contribution >= 0.6 is 15.9 Å². The third-order valence-corrected chi connectivity index (χ3v) is 3.68. The molecule has 1 aromatic rings. The molecule has 1 aromatic carbocycles. The van der Waals surface area contributed by atoms with Gasteiger partial charge in [-0.15, -0.1) is 0 Å². The number of benzene rings is 1. The van der Waals surface area contributed by atoms with Crippen molar-refractivity contribution in [2.24, 2.45) is 16.3 Å². The van der Waals surface area contributed by atoms with E-state index < -0.39 is 0 Å². The minimum absolute atomic E-state index is 0.257. The van der Waals surface area contributed by atoms with Gasteiger partial charge in [-0.05, 0) is 47.0 Å². The molecule has 0 heterocycles. The Morgan fingerprint density at radius 3 is 2.78 bits per heavy atom.